The maximum atomic E-state index is 7.39. The van der Waals surface area contributed by atoms with Crippen molar-refractivity contribution in [3.8, 4) is 0 Å². The van der Waals surface area contributed by atoms with Gasteiger partial charge in [-0.3, -0.25) is 10.8 Å². The summed E-state index contributed by atoms with van der Waals surface area (Å²) in [6, 6.07) is 0. The number of hydrogen-bond acceptors (Lipinski definition) is 2. The van der Waals surface area contributed by atoms with Gasteiger partial charge in [0.25, 0.3) is 0 Å². The monoisotopic (exact) mass is 158 g/mol. The van der Waals surface area contributed by atoms with E-state index < -0.39 is 0 Å². The van der Waals surface area contributed by atoms with Crippen LogP contribution in [0.3, 0.4) is 0 Å². The Bertz CT molecular complexity index is 317. The molecule has 0 radical (unpaired) electrons. The Balaban J connectivity index is 2.97. The van der Waals surface area contributed by atoms with Gasteiger partial charge in [0.05, 0.1) is 11.4 Å². The molecule has 0 saturated heterocycles. The fraction of sp³-hybridized carbons (Fsp3) is 0. The van der Waals surface area contributed by atoms with Crippen LogP contribution in [0.4, 0.5) is 0 Å². The topological polar surface area (TPSA) is 47.7 Å². The third-order valence-electron chi connectivity index (χ3n) is 1.44. The van der Waals surface area contributed by atoms with Crippen LogP contribution in [0.25, 0.3) is 0 Å². The second-order valence-electron chi connectivity index (χ2n) is 2.45. The molecule has 0 aromatic heterocycles. The van der Waals surface area contributed by atoms with E-state index in [1.54, 1.807) is 30.4 Å². The van der Waals surface area contributed by atoms with E-state index in [1.807, 2.05) is 6.08 Å². The summed E-state index contributed by atoms with van der Waals surface area (Å²) in [5.41, 5.74) is 1.25. The van der Waals surface area contributed by atoms with E-state index in [1.165, 1.54) is 0 Å². The molecule has 2 heteroatoms. The van der Waals surface area contributed by atoms with Gasteiger partial charge >= 0.3 is 0 Å². The highest BCUT2D eigenvalue weighted by Crippen LogP contribution is 1.99. The van der Waals surface area contributed by atoms with Crippen molar-refractivity contribution in [1.82, 2.24) is 0 Å². The van der Waals surface area contributed by atoms with Crippen LogP contribution in [-0.2, 0) is 0 Å². The summed E-state index contributed by atoms with van der Waals surface area (Å²) < 4.78 is 0. The van der Waals surface area contributed by atoms with Crippen molar-refractivity contribution in [3.05, 3.63) is 48.6 Å². The first-order chi connectivity index (χ1) is 5.70. The SMILES string of the molecule is C=C1/C=C\C=C/C(=N)C(=N)/C=C\1. The van der Waals surface area contributed by atoms with Gasteiger partial charge in [0, 0.05) is 0 Å². The van der Waals surface area contributed by atoms with Crippen LogP contribution in [-0.4, -0.2) is 11.4 Å². The molecule has 2 nitrogen and oxygen atoms in total. The van der Waals surface area contributed by atoms with E-state index in [-0.39, 0.29) is 11.4 Å². The molecule has 0 unspecified atom stereocenters. The zero-order valence-electron chi connectivity index (χ0n) is 6.67. The summed E-state index contributed by atoms with van der Waals surface area (Å²) in [7, 11) is 0. The molecule has 60 valence electrons. The molecule has 1 aliphatic rings. The average molecular weight is 158 g/mol. The summed E-state index contributed by atoms with van der Waals surface area (Å²) in [5, 5.41) is 14.8. The van der Waals surface area contributed by atoms with Crippen LogP contribution in [0.5, 0.6) is 0 Å². The van der Waals surface area contributed by atoms with Gasteiger partial charge in [0.15, 0.2) is 0 Å². The van der Waals surface area contributed by atoms with Gasteiger partial charge < -0.3 is 0 Å². The number of allylic oxidation sites excluding steroid dienone is 7. The van der Waals surface area contributed by atoms with Crippen molar-refractivity contribution in [2.45, 2.75) is 0 Å². The molecule has 0 heterocycles. The highest BCUT2D eigenvalue weighted by atomic mass is 14.5. The van der Waals surface area contributed by atoms with Gasteiger partial charge in [-0.05, 0) is 17.7 Å². The molecule has 1 aliphatic carbocycles. The van der Waals surface area contributed by atoms with Crippen molar-refractivity contribution >= 4 is 11.4 Å². The van der Waals surface area contributed by atoms with Crippen molar-refractivity contribution in [1.29, 1.82) is 10.8 Å². The second kappa shape index (κ2) is 3.62. The minimum absolute atomic E-state index is 0.205. The van der Waals surface area contributed by atoms with Crippen LogP contribution >= 0.6 is 0 Å². The molecule has 0 atom stereocenters. The first-order valence-corrected chi connectivity index (χ1v) is 3.59. The molecule has 0 aromatic rings. The summed E-state index contributed by atoms with van der Waals surface area (Å²) >= 11 is 0. The Morgan fingerprint density at radius 3 is 2.17 bits per heavy atom. The molecule has 0 fully saturated rings. The second-order valence-corrected chi connectivity index (χ2v) is 2.45. The molecule has 0 aromatic carbocycles. The van der Waals surface area contributed by atoms with E-state index in [9.17, 15) is 0 Å². The van der Waals surface area contributed by atoms with E-state index >= 15 is 0 Å². The standard InChI is InChI=1S/C10H10N2/c1-8-4-2-3-5-9(11)10(12)7-6-8/h2-7,11-12H,1H2/b4-2-,5-3-,7-6-,11-9?,12-10?. The van der Waals surface area contributed by atoms with E-state index in [2.05, 4.69) is 6.58 Å². The summed E-state index contributed by atoms with van der Waals surface area (Å²) in [6.07, 6.45) is 10.3. The maximum absolute atomic E-state index is 7.39. The number of hydrogen-bond donors (Lipinski definition) is 2. The number of rotatable bonds is 0. The fourth-order valence-corrected chi connectivity index (χ4v) is 0.756. The zero-order chi connectivity index (χ0) is 8.97. The van der Waals surface area contributed by atoms with Crippen LogP contribution in [0, 0.1) is 10.8 Å². The normalized spacial score (nSPS) is 25.5. The first kappa shape index (κ1) is 8.40. The molecule has 0 amide bonds. The Kier molecular flexibility index (Phi) is 2.53. The Morgan fingerprint density at radius 2 is 1.42 bits per heavy atom. The first-order valence-electron chi connectivity index (χ1n) is 3.59. The van der Waals surface area contributed by atoms with Crippen molar-refractivity contribution in [2.75, 3.05) is 0 Å². The third-order valence-corrected chi connectivity index (χ3v) is 1.44. The van der Waals surface area contributed by atoms with Gasteiger partial charge in [-0.1, -0.05) is 30.9 Å². The lowest BCUT2D eigenvalue weighted by atomic mass is 10.2. The zero-order valence-corrected chi connectivity index (χ0v) is 6.67. The van der Waals surface area contributed by atoms with E-state index in [4.69, 9.17) is 10.8 Å². The van der Waals surface area contributed by atoms with Gasteiger partial charge in [0.1, 0.15) is 0 Å². The van der Waals surface area contributed by atoms with E-state index in [0.717, 1.165) is 5.57 Å². The molecule has 0 saturated carbocycles. The van der Waals surface area contributed by atoms with Gasteiger partial charge in [0.2, 0.25) is 0 Å². The molecule has 0 spiro atoms. The summed E-state index contributed by atoms with van der Waals surface area (Å²) in [6.45, 7) is 3.74. The van der Waals surface area contributed by atoms with Gasteiger partial charge in [-0.2, -0.15) is 0 Å². The van der Waals surface area contributed by atoms with Crippen LogP contribution in [0.1, 0.15) is 0 Å². The number of nitrogens with one attached hydrogen (secondary N) is 2. The van der Waals surface area contributed by atoms with E-state index in [0.29, 0.717) is 0 Å². The minimum Gasteiger partial charge on any atom is -0.299 e. The largest absolute Gasteiger partial charge is 0.299 e. The molecule has 0 aliphatic heterocycles. The smallest absolute Gasteiger partial charge is 0.0789 e. The van der Waals surface area contributed by atoms with Crippen LogP contribution in [0.15, 0.2) is 48.6 Å². The lowest BCUT2D eigenvalue weighted by molar-refractivity contribution is 1.50. The third kappa shape index (κ3) is 2.16. The molecule has 0 bridgehead atoms. The molecule has 2 N–H and O–H groups in total. The predicted molar refractivity (Wildman–Crippen MR) is 52.0 cm³/mol. The van der Waals surface area contributed by atoms with Crippen LogP contribution < -0.4 is 0 Å². The van der Waals surface area contributed by atoms with Crippen molar-refractivity contribution < 1.29 is 0 Å². The maximum Gasteiger partial charge on any atom is 0.0789 e. The van der Waals surface area contributed by atoms with Gasteiger partial charge in [-0.15, -0.1) is 0 Å². The quantitative estimate of drug-likeness (QED) is 0.543. The van der Waals surface area contributed by atoms with Crippen molar-refractivity contribution in [2.24, 2.45) is 0 Å². The fourth-order valence-electron chi connectivity index (χ4n) is 0.756. The Hall–Kier alpha value is -1.70. The van der Waals surface area contributed by atoms with Crippen LogP contribution in [0.2, 0.25) is 0 Å². The lowest BCUT2D eigenvalue weighted by Gasteiger charge is -1.91. The summed E-state index contributed by atoms with van der Waals surface area (Å²) in [5.74, 6) is 0. The summed E-state index contributed by atoms with van der Waals surface area (Å²) in [4.78, 5) is 0. The Labute approximate surface area is 71.6 Å². The molecular weight excluding hydrogens is 148 g/mol. The van der Waals surface area contributed by atoms with Crippen molar-refractivity contribution in [3.63, 3.8) is 0 Å². The molecule has 1 rings (SSSR count). The minimum atomic E-state index is 0.205. The molecular formula is C10H10N2. The lowest BCUT2D eigenvalue weighted by Crippen LogP contribution is -2.04. The Morgan fingerprint density at radius 1 is 0.833 bits per heavy atom. The molecule has 12 heavy (non-hydrogen) atoms. The predicted octanol–water partition coefficient (Wildman–Crippen LogP) is 2.26. The average Bonchev–Trinajstić information content (AvgIpc) is 2.11. The highest BCUT2D eigenvalue weighted by Gasteiger charge is 1.96. The highest BCUT2D eigenvalue weighted by molar-refractivity contribution is 6.48. The van der Waals surface area contributed by atoms with Gasteiger partial charge in [-0.25, -0.2) is 0 Å².